The van der Waals surface area contributed by atoms with Crippen molar-refractivity contribution >= 4 is 28.7 Å². The molecule has 4 nitrogen and oxygen atoms in total. The van der Waals surface area contributed by atoms with E-state index in [0.29, 0.717) is 11.7 Å². The number of piperidine rings is 1. The summed E-state index contributed by atoms with van der Waals surface area (Å²) in [6, 6.07) is 7.88. The van der Waals surface area contributed by atoms with E-state index in [0.717, 1.165) is 24.5 Å². The first-order valence-electron chi connectivity index (χ1n) is 7.03. The molecule has 116 valence electrons. The van der Waals surface area contributed by atoms with Crippen molar-refractivity contribution in [3.63, 3.8) is 0 Å². The smallest absolute Gasteiger partial charge is 0.267 e. The number of likely N-dealkylation sites (tertiary alicyclic amines) is 1. The summed E-state index contributed by atoms with van der Waals surface area (Å²) < 4.78 is 12.0. The average Bonchev–Trinajstić information content (AvgIpc) is 2.39. The second-order valence-corrected chi connectivity index (χ2v) is 7.62. The van der Waals surface area contributed by atoms with Gasteiger partial charge >= 0.3 is 0 Å². The third-order valence-corrected chi connectivity index (χ3v) is 5.60. The molecule has 2 rings (SSSR count). The maximum absolute atomic E-state index is 12.0. The number of rotatable bonds is 5. The van der Waals surface area contributed by atoms with Gasteiger partial charge in [0.25, 0.3) is 5.91 Å². The van der Waals surface area contributed by atoms with E-state index < -0.39 is 17.1 Å². The van der Waals surface area contributed by atoms with Gasteiger partial charge in [-0.3, -0.25) is 4.79 Å². The first kappa shape index (κ1) is 16.6. The minimum atomic E-state index is -1.19. The Morgan fingerprint density at radius 1 is 1.48 bits per heavy atom. The Hall–Kier alpha value is -0.750. The van der Waals surface area contributed by atoms with Crippen molar-refractivity contribution in [3.8, 4) is 0 Å². The van der Waals surface area contributed by atoms with E-state index in [1.807, 2.05) is 24.3 Å². The summed E-state index contributed by atoms with van der Waals surface area (Å²) in [6.45, 7) is 1.91. The van der Waals surface area contributed by atoms with Crippen molar-refractivity contribution in [1.29, 1.82) is 0 Å². The average molecular weight is 329 g/mol. The minimum Gasteiger partial charge on any atom is -0.616 e. The van der Waals surface area contributed by atoms with Gasteiger partial charge in [0.2, 0.25) is 0 Å². The lowest BCUT2D eigenvalue weighted by Gasteiger charge is -2.36. The molecule has 1 amide bonds. The lowest BCUT2D eigenvalue weighted by molar-refractivity contribution is -0.115. The molecule has 6 heteroatoms. The fourth-order valence-electron chi connectivity index (χ4n) is 2.99. The number of halogens is 1. The number of carbonyl (C=O) groups is 1. The van der Waals surface area contributed by atoms with Crippen LogP contribution in [-0.4, -0.2) is 47.0 Å². The summed E-state index contributed by atoms with van der Waals surface area (Å²) in [5.74, 6) is 0.592. The van der Waals surface area contributed by atoms with Crippen molar-refractivity contribution in [2.24, 2.45) is 11.7 Å². The number of benzene rings is 1. The summed E-state index contributed by atoms with van der Waals surface area (Å²) >= 11 is 4.75. The van der Waals surface area contributed by atoms with Gasteiger partial charge in [0, 0.05) is 17.5 Å². The summed E-state index contributed by atoms with van der Waals surface area (Å²) in [4.78, 5) is 13.2. The third kappa shape index (κ3) is 4.88. The van der Waals surface area contributed by atoms with Crippen LogP contribution in [0.2, 0.25) is 5.02 Å². The molecule has 0 bridgehead atoms. The Balaban J connectivity index is 2.09. The molecular weight excluding hydrogens is 308 g/mol. The minimum absolute atomic E-state index is 0.0481. The predicted molar refractivity (Wildman–Crippen MR) is 86.9 cm³/mol. The largest absolute Gasteiger partial charge is 0.616 e. The first-order valence-corrected chi connectivity index (χ1v) is 8.89. The second-order valence-electron chi connectivity index (χ2n) is 5.69. The zero-order chi connectivity index (χ0) is 15.4. The SMILES string of the molecule is CN1CC[C@H](c2ccc(Cl)cc2)[C@@H](C[S+]([O-])CC(N)=O)C1. The van der Waals surface area contributed by atoms with Gasteiger partial charge in [-0.1, -0.05) is 23.7 Å². The van der Waals surface area contributed by atoms with Crippen LogP contribution in [-0.2, 0) is 16.0 Å². The monoisotopic (exact) mass is 328 g/mol. The van der Waals surface area contributed by atoms with Crippen LogP contribution in [0.1, 0.15) is 17.9 Å². The molecule has 0 aliphatic carbocycles. The van der Waals surface area contributed by atoms with Gasteiger partial charge in [0.05, 0.1) is 0 Å². The highest BCUT2D eigenvalue weighted by atomic mass is 35.5. The lowest BCUT2D eigenvalue weighted by atomic mass is 9.81. The number of hydrogen-bond acceptors (Lipinski definition) is 3. The Morgan fingerprint density at radius 2 is 2.14 bits per heavy atom. The molecule has 21 heavy (non-hydrogen) atoms. The number of carbonyl (C=O) groups excluding carboxylic acids is 1. The normalized spacial score (nSPS) is 24.7. The highest BCUT2D eigenvalue weighted by molar-refractivity contribution is 7.92. The molecular formula is C15H21ClN2O2S. The zero-order valence-corrected chi connectivity index (χ0v) is 13.7. The molecule has 2 N–H and O–H groups in total. The summed E-state index contributed by atoms with van der Waals surface area (Å²) in [5, 5.41) is 0.723. The summed E-state index contributed by atoms with van der Waals surface area (Å²) in [6.07, 6.45) is 1.02. The second kappa shape index (κ2) is 7.49. The highest BCUT2D eigenvalue weighted by Gasteiger charge is 2.32. The van der Waals surface area contributed by atoms with Crippen molar-refractivity contribution in [2.75, 3.05) is 31.6 Å². The topological polar surface area (TPSA) is 69.4 Å². The van der Waals surface area contributed by atoms with Crippen molar-refractivity contribution < 1.29 is 9.35 Å². The molecule has 3 atom stereocenters. The Labute approximate surface area is 133 Å². The molecule has 1 unspecified atom stereocenters. The van der Waals surface area contributed by atoms with E-state index in [1.54, 1.807) is 0 Å². The molecule has 1 aromatic rings. The summed E-state index contributed by atoms with van der Waals surface area (Å²) in [5.41, 5.74) is 6.36. The van der Waals surface area contributed by atoms with Crippen LogP contribution in [0, 0.1) is 5.92 Å². The molecule has 1 heterocycles. The van der Waals surface area contributed by atoms with Gasteiger partial charge in [-0.05, 0) is 54.8 Å². The number of nitrogens with two attached hydrogens (primary N) is 1. The number of amides is 1. The van der Waals surface area contributed by atoms with Crippen molar-refractivity contribution in [3.05, 3.63) is 34.9 Å². The van der Waals surface area contributed by atoms with Gasteiger partial charge < -0.3 is 15.2 Å². The van der Waals surface area contributed by atoms with E-state index in [4.69, 9.17) is 17.3 Å². The molecule has 0 radical (unpaired) electrons. The quantitative estimate of drug-likeness (QED) is 0.835. The molecule has 1 aliphatic rings. The lowest BCUT2D eigenvalue weighted by Crippen LogP contribution is -2.41. The van der Waals surface area contributed by atoms with Crippen LogP contribution in [0.25, 0.3) is 0 Å². The molecule has 0 aromatic heterocycles. The maximum Gasteiger partial charge on any atom is 0.267 e. The Bertz CT molecular complexity index is 483. The molecule has 0 spiro atoms. The Morgan fingerprint density at radius 3 is 2.76 bits per heavy atom. The number of primary amides is 1. The van der Waals surface area contributed by atoms with Crippen molar-refractivity contribution in [2.45, 2.75) is 12.3 Å². The maximum atomic E-state index is 12.0. The van der Waals surface area contributed by atoms with Gasteiger partial charge in [-0.2, -0.15) is 0 Å². The van der Waals surface area contributed by atoms with E-state index in [-0.39, 0.29) is 11.7 Å². The fraction of sp³-hybridized carbons (Fsp3) is 0.533. The number of nitrogens with zero attached hydrogens (tertiary/aromatic N) is 1. The van der Waals surface area contributed by atoms with Crippen LogP contribution in [0.15, 0.2) is 24.3 Å². The molecule has 1 aliphatic heterocycles. The van der Waals surface area contributed by atoms with Gasteiger partial charge in [-0.25, -0.2) is 0 Å². The molecule has 0 saturated carbocycles. The highest BCUT2D eigenvalue weighted by Crippen LogP contribution is 2.34. The van der Waals surface area contributed by atoms with Gasteiger partial charge in [0.1, 0.15) is 5.75 Å². The number of hydrogen-bond donors (Lipinski definition) is 1. The van der Waals surface area contributed by atoms with Crippen LogP contribution in [0.5, 0.6) is 0 Å². The first-order chi connectivity index (χ1) is 9.95. The summed E-state index contributed by atoms with van der Waals surface area (Å²) in [7, 11) is 2.07. The van der Waals surface area contributed by atoms with Gasteiger partial charge in [-0.15, -0.1) is 0 Å². The Kier molecular flexibility index (Phi) is 5.93. The van der Waals surface area contributed by atoms with Crippen LogP contribution in [0.4, 0.5) is 0 Å². The third-order valence-electron chi connectivity index (χ3n) is 3.94. The van der Waals surface area contributed by atoms with Crippen molar-refractivity contribution in [1.82, 2.24) is 4.90 Å². The van der Waals surface area contributed by atoms with E-state index in [1.165, 1.54) is 5.56 Å². The van der Waals surface area contributed by atoms with Gasteiger partial charge in [0.15, 0.2) is 5.75 Å². The standard InChI is InChI=1S/C15H21ClN2O2S/c1-18-7-6-14(11-2-4-13(16)5-3-11)12(8-18)9-21(20)10-15(17)19/h2-5,12,14H,6-10H2,1H3,(H2,17,19)/t12-,14-,21?/m1/s1. The van der Waals surface area contributed by atoms with E-state index in [9.17, 15) is 9.35 Å². The van der Waals surface area contributed by atoms with Crippen LogP contribution in [0.3, 0.4) is 0 Å². The molecule has 1 saturated heterocycles. The van der Waals surface area contributed by atoms with Crippen LogP contribution < -0.4 is 5.73 Å². The van der Waals surface area contributed by atoms with E-state index >= 15 is 0 Å². The van der Waals surface area contributed by atoms with Crippen LogP contribution >= 0.6 is 11.6 Å². The fourth-order valence-corrected chi connectivity index (χ4v) is 4.36. The molecule has 1 fully saturated rings. The molecule has 1 aromatic carbocycles. The van der Waals surface area contributed by atoms with E-state index in [2.05, 4.69) is 11.9 Å². The predicted octanol–water partition coefficient (Wildman–Crippen LogP) is 1.61. The zero-order valence-electron chi connectivity index (χ0n) is 12.1.